The van der Waals surface area contributed by atoms with Crippen molar-refractivity contribution in [3.8, 4) is 0 Å². The fraction of sp³-hybridized carbons (Fsp3) is 0.500. The van der Waals surface area contributed by atoms with Crippen molar-refractivity contribution in [3.05, 3.63) is 36.1 Å². The van der Waals surface area contributed by atoms with Crippen LogP contribution in [-0.4, -0.2) is 63.3 Å². The maximum atomic E-state index is 12.7. The molecule has 2 unspecified atom stereocenters. The molecule has 1 aliphatic heterocycles. The molecule has 24 heavy (non-hydrogen) atoms. The van der Waals surface area contributed by atoms with E-state index in [-0.39, 0.29) is 18.1 Å². The number of likely N-dealkylation sites (N-methyl/N-ethyl adjacent to an activating group) is 1. The first kappa shape index (κ1) is 17.0. The summed E-state index contributed by atoms with van der Waals surface area (Å²) >= 11 is 0. The predicted octanol–water partition coefficient (Wildman–Crippen LogP) is 1.47. The van der Waals surface area contributed by atoms with E-state index in [1.165, 1.54) is 0 Å². The molecule has 0 bridgehead atoms. The summed E-state index contributed by atoms with van der Waals surface area (Å²) in [6.45, 7) is 3.72. The van der Waals surface area contributed by atoms with Gasteiger partial charge in [-0.2, -0.15) is 0 Å². The molecule has 2 atom stereocenters. The van der Waals surface area contributed by atoms with E-state index in [0.717, 1.165) is 38.0 Å². The number of ether oxygens (including phenoxy) is 1. The molecular formula is C18H25N3O3. The van der Waals surface area contributed by atoms with E-state index in [1.54, 1.807) is 19.4 Å². The molecule has 130 valence electrons. The van der Waals surface area contributed by atoms with Crippen molar-refractivity contribution in [2.75, 3.05) is 40.3 Å². The van der Waals surface area contributed by atoms with Crippen LogP contribution in [0, 0.1) is 0 Å². The zero-order valence-corrected chi connectivity index (χ0v) is 14.2. The van der Waals surface area contributed by atoms with Crippen molar-refractivity contribution in [1.29, 1.82) is 0 Å². The van der Waals surface area contributed by atoms with Gasteiger partial charge in [0.05, 0.1) is 24.0 Å². The zero-order valence-electron chi connectivity index (χ0n) is 14.2. The van der Waals surface area contributed by atoms with Gasteiger partial charge in [0, 0.05) is 38.7 Å². The third kappa shape index (κ3) is 3.61. The van der Waals surface area contributed by atoms with Crippen LogP contribution >= 0.6 is 0 Å². The number of carbonyl (C=O) groups excluding carboxylic acids is 1. The minimum atomic E-state index is -0.105. The Morgan fingerprint density at radius 1 is 1.42 bits per heavy atom. The zero-order chi connectivity index (χ0) is 16.9. The van der Waals surface area contributed by atoms with Crippen molar-refractivity contribution < 1.29 is 13.9 Å². The molecule has 3 rings (SSSR count). The highest BCUT2D eigenvalue weighted by atomic mass is 16.5. The van der Waals surface area contributed by atoms with Gasteiger partial charge in [0.1, 0.15) is 5.58 Å². The highest BCUT2D eigenvalue weighted by Crippen LogP contribution is 2.21. The van der Waals surface area contributed by atoms with Gasteiger partial charge in [-0.05, 0) is 25.6 Å². The summed E-state index contributed by atoms with van der Waals surface area (Å²) in [5.41, 5.74) is 1.21. The van der Waals surface area contributed by atoms with E-state index >= 15 is 0 Å². The lowest BCUT2D eigenvalue weighted by molar-refractivity contribution is 0.00695. The Labute approximate surface area is 142 Å². The highest BCUT2D eigenvalue weighted by Gasteiger charge is 2.30. The van der Waals surface area contributed by atoms with Gasteiger partial charge < -0.3 is 19.8 Å². The summed E-state index contributed by atoms with van der Waals surface area (Å²) in [5, 5.41) is 7.23. The number of hydrogen-bond acceptors (Lipinski definition) is 5. The molecule has 1 fully saturated rings. The molecule has 1 amide bonds. The third-order valence-electron chi connectivity index (χ3n) is 4.66. The number of rotatable bonds is 6. The molecule has 6 heteroatoms. The Morgan fingerprint density at radius 2 is 2.29 bits per heavy atom. The fourth-order valence-corrected chi connectivity index (χ4v) is 3.28. The first-order chi connectivity index (χ1) is 11.7. The average Bonchev–Trinajstić information content (AvgIpc) is 3.09. The molecule has 2 N–H and O–H groups in total. The summed E-state index contributed by atoms with van der Waals surface area (Å²) in [4.78, 5) is 15.1. The van der Waals surface area contributed by atoms with Crippen LogP contribution in [0.5, 0.6) is 0 Å². The number of hydrogen-bond donors (Lipinski definition) is 2. The maximum absolute atomic E-state index is 12.7. The van der Waals surface area contributed by atoms with Crippen molar-refractivity contribution in [2.45, 2.75) is 18.6 Å². The van der Waals surface area contributed by atoms with Crippen LogP contribution in [0.25, 0.3) is 11.0 Å². The number of nitrogens with zero attached hydrogens (tertiary/aromatic N) is 1. The summed E-state index contributed by atoms with van der Waals surface area (Å²) < 4.78 is 11.1. The van der Waals surface area contributed by atoms with Gasteiger partial charge in [0.2, 0.25) is 0 Å². The largest absolute Gasteiger partial charge is 0.464 e. The lowest BCUT2D eigenvalue weighted by Crippen LogP contribution is -2.55. The summed E-state index contributed by atoms with van der Waals surface area (Å²) in [6, 6.07) is 7.49. The van der Waals surface area contributed by atoms with Gasteiger partial charge in [-0.3, -0.25) is 9.69 Å². The monoisotopic (exact) mass is 331 g/mol. The Bertz CT molecular complexity index is 685. The van der Waals surface area contributed by atoms with Crippen LogP contribution in [-0.2, 0) is 4.74 Å². The van der Waals surface area contributed by atoms with Gasteiger partial charge in [-0.15, -0.1) is 0 Å². The second-order valence-corrected chi connectivity index (χ2v) is 6.19. The second kappa shape index (κ2) is 7.79. The predicted molar refractivity (Wildman–Crippen MR) is 93.2 cm³/mol. The molecule has 1 aromatic heterocycles. The molecule has 2 heterocycles. The minimum Gasteiger partial charge on any atom is -0.464 e. The number of fused-ring (bicyclic) bond motifs is 1. The number of methoxy groups -OCH3 is 1. The smallest absolute Gasteiger partial charge is 0.255 e. The number of piperidine rings is 1. The lowest BCUT2D eigenvalue weighted by atomic mass is 10.0. The van der Waals surface area contributed by atoms with Gasteiger partial charge in [-0.25, -0.2) is 0 Å². The maximum Gasteiger partial charge on any atom is 0.255 e. The molecule has 6 nitrogen and oxygen atoms in total. The highest BCUT2D eigenvalue weighted by molar-refractivity contribution is 6.04. The van der Waals surface area contributed by atoms with E-state index < -0.39 is 0 Å². The van der Waals surface area contributed by atoms with Crippen molar-refractivity contribution in [2.24, 2.45) is 0 Å². The molecule has 1 aromatic carbocycles. The number of furan rings is 1. The van der Waals surface area contributed by atoms with E-state index in [0.29, 0.717) is 11.1 Å². The molecular weight excluding hydrogens is 306 g/mol. The number of benzene rings is 1. The molecule has 1 aliphatic rings. The van der Waals surface area contributed by atoms with Crippen molar-refractivity contribution >= 4 is 16.9 Å². The number of likely N-dealkylation sites (tertiary alicyclic amines) is 1. The summed E-state index contributed by atoms with van der Waals surface area (Å²) in [5.74, 6) is -0.105. The SMILES string of the molecule is CNCCN1CCC(NC(=O)c2cccc3ccoc23)C(OC)C1. The second-order valence-electron chi connectivity index (χ2n) is 6.19. The third-order valence-corrected chi connectivity index (χ3v) is 4.66. The standard InChI is InChI=1S/C18H25N3O3/c1-19-8-10-21-9-6-15(16(12-21)23-2)20-18(22)14-5-3-4-13-7-11-24-17(13)14/h3-5,7,11,15-16,19H,6,8-10,12H2,1-2H3,(H,20,22). The molecule has 0 spiro atoms. The quantitative estimate of drug-likeness (QED) is 0.839. The number of para-hydroxylation sites is 1. The van der Waals surface area contributed by atoms with E-state index in [9.17, 15) is 4.79 Å². The topological polar surface area (TPSA) is 66.7 Å². The number of carbonyl (C=O) groups is 1. The Kier molecular flexibility index (Phi) is 5.50. The van der Waals surface area contributed by atoms with Crippen molar-refractivity contribution in [3.63, 3.8) is 0 Å². The van der Waals surface area contributed by atoms with E-state index in [4.69, 9.17) is 9.15 Å². The van der Waals surface area contributed by atoms with Gasteiger partial charge >= 0.3 is 0 Å². The summed E-state index contributed by atoms with van der Waals surface area (Å²) in [7, 11) is 3.66. The van der Waals surface area contributed by atoms with Crippen LogP contribution in [0.2, 0.25) is 0 Å². The van der Waals surface area contributed by atoms with Crippen LogP contribution in [0.3, 0.4) is 0 Å². The lowest BCUT2D eigenvalue weighted by Gasteiger charge is -2.38. The van der Waals surface area contributed by atoms with Crippen LogP contribution in [0.4, 0.5) is 0 Å². The minimum absolute atomic E-state index is 0.00430. The van der Waals surface area contributed by atoms with Crippen molar-refractivity contribution in [1.82, 2.24) is 15.5 Å². The molecule has 0 aliphatic carbocycles. The van der Waals surface area contributed by atoms with Crippen LogP contribution < -0.4 is 10.6 Å². The van der Waals surface area contributed by atoms with Gasteiger partial charge in [0.25, 0.3) is 5.91 Å². The molecule has 0 radical (unpaired) electrons. The first-order valence-corrected chi connectivity index (χ1v) is 8.39. The van der Waals surface area contributed by atoms with E-state index in [2.05, 4.69) is 15.5 Å². The fourth-order valence-electron chi connectivity index (χ4n) is 3.28. The molecule has 1 saturated heterocycles. The first-order valence-electron chi connectivity index (χ1n) is 8.39. The molecule has 2 aromatic rings. The Morgan fingerprint density at radius 3 is 3.08 bits per heavy atom. The van der Waals surface area contributed by atoms with Gasteiger partial charge in [-0.1, -0.05) is 12.1 Å². The molecule has 0 saturated carbocycles. The Hall–Kier alpha value is -1.89. The normalized spacial score (nSPS) is 21.9. The number of nitrogens with one attached hydrogen (secondary N) is 2. The van der Waals surface area contributed by atoms with Crippen LogP contribution in [0.1, 0.15) is 16.8 Å². The Balaban J connectivity index is 1.66. The average molecular weight is 331 g/mol. The summed E-state index contributed by atoms with van der Waals surface area (Å²) in [6.07, 6.45) is 2.48. The van der Waals surface area contributed by atoms with E-state index in [1.807, 2.05) is 25.2 Å². The number of amides is 1. The van der Waals surface area contributed by atoms with Gasteiger partial charge in [0.15, 0.2) is 0 Å². The van der Waals surface area contributed by atoms with Crippen LogP contribution in [0.15, 0.2) is 34.9 Å².